The minimum absolute atomic E-state index is 0.222. The van der Waals surface area contributed by atoms with E-state index in [0.717, 1.165) is 36.3 Å². The lowest BCUT2D eigenvalue weighted by molar-refractivity contribution is 0.233. The molecule has 2 rings (SSSR count). The van der Waals surface area contributed by atoms with Crippen molar-refractivity contribution in [3.05, 3.63) is 27.7 Å². The molecule has 0 fully saturated rings. The van der Waals surface area contributed by atoms with Crippen LogP contribution in [0.25, 0.3) is 0 Å². The van der Waals surface area contributed by atoms with Crippen molar-refractivity contribution in [3.63, 3.8) is 0 Å². The summed E-state index contributed by atoms with van der Waals surface area (Å²) in [7, 11) is 0. The van der Waals surface area contributed by atoms with Crippen molar-refractivity contribution in [1.82, 2.24) is 5.32 Å². The first-order valence-corrected chi connectivity index (χ1v) is 6.75. The highest BCUT2D eigenvalue weighted by Gasteiger charge is 2.17. The molecule has 17 heavy (non-hydrogen) atoms. The van der Waals surface area contributed by atoms with Crippen LogP contribution in [0.5, 0.6) is 5.75 Å². The summed E-state index contributed by atoms with van der Waals surface area (Å²) in [5.74, 6) is 1.33. The van der Waals surface area contributed by atoms with Gasteiger partial charge >= 0.3 is 0 Å². The van der Waals surface area contributed by atoms with Gasteiger partial charge in [0.1, 0.15) is 5.75 Å². The third kappa shape index (κ3) is 3.21. The van der Waals surface area contributed by atoms with Crippen molar-refractivity contribution in [3.8, 4) is 5.75 Å². The quantitative estimate of drug-likeness (QED) is 0.875. The zero-order valence-corrected chi connectivity index (χ0v) is 11.6. The summed E-state index contributed by atoms with van der Waals surface area (Å²) in [4.78, 5) is 0. The Morgan fingerprint density at radius 3 is 3.12 bits per heavy atom. The molecule has 0 saturated carbocycles. The lowest BCUT2D eigenvalue weighted by Gasteiger charge is -2.12. The molecule has 4 heteroatoms. The molecule has 0 amide bonds. The molecule has 94 valence electrons. The molecule has 1 aliphatic heterocycles. The van der Waals surface area contributed by atoms with Crippen LogP contribution < -0.4 is 10.1 Å². The van der Waals surface area contributed by atoms with Crippen LogP contribution >= 0.6 is 15.9 Å². The Labute approximate surface area is 110 Å². The van der Waals surface area contributed by atoms with Crippen molar-refractivity contribution < 1.29 is 9.84 Å². The zero-order valence-electron chi connectivity index (χ0n) is 10.0. The number of fused-ring (bicyclic) bond motifs is 1. The zero-order chi connectivity index (χ0) is 12.3. The number of benzene rings is 1. The first kappa shape index (κ1) is 12.9. The molecule has 0 aromatic heterocycles. The monoisotopic (exact) mass is 299 g/mol. The number of nitrogens with one attached hydrogen (secondary N) is 1. The standard InChI is InChI=1S/C13H18BrNO2/c1-9(8-16)6-15-7-11-5-12(14)4-10-2-3-17-13(10)11/h4-5,9,15-16H,2-3,6-8H2,1H3. The second-order valence-electron chi connectivity index (χ2n) is 4.57. The summed E-state index contributed by atoms with van der Waals surface area (Å²) in [6.07, 6.45) is 0.995. The van der Waals surface area contributed by atoms with Crippen LogP contribution in [0, 0.1) is 5.92 Å². The van der Waals surface area contributed by atoms with Gasteiger partial charge in [0.05, 0.1) is 6.61 Å². The van der Waals surface area contributed by atoms with Gasteiger partial charge in [0.2, 0.25) is 0 Å². The number of ether oxygens (including phenoxy) is 1. The fourth-order valence-corrected chi connectivity index (χ4v) is 2.55. The summed E-state index contributed by atoms with van der Waals surface area (Å²) in [5.41, 5.74) is 2.48. The Balaban J connectivity index is 2.01. The van der Waals surface area contributed by atoms with Crippen molar-refractivity contribution in [2.45, 2.75) is 19.9 Å². The number of hydrogen-bond acceptors (Lipinski definition) is 3. The molecule has 1 heterocycles. The van der Waals surface area contributed by atoms with Gasteiger partial charge in [-0.15, -0.1) is 0 Å². The molecular formula is C13H18BrNO2. The van der Waals surface area contributed by atoms with E-state index in [1.807, 2.05) is 6.92 Å². The molecule has 1 unspecified atom stereocenters. The van der Waals surface area contributed by atoms with E-state index in [9.17, 15) is 0 Å². The van der Waals surface area contributed by atoms with Gasteiger partial charge in [0.15, 0.2) is 0 Å². The van der Waals surface area contributed by atoms with E-state index >= 15 is 0 Å². The van der Waals surface area contributed by atoms with Crippen molar-refractivity contribution in [2.24, 2.45) is 5.92 Å². The Bertz CT molecular complexity index is 395. The summed E-state index contributed by atoms with van der Waals surface area (Å²) in [6, 6.07) is 4.23. The average Bonchev–Trinajstić information content (AvgIpc) is 2.76. The summed E-state index contributed by atoms with van der Waals surface area (Å²) in [6.45, 7) is 4.63. The molecule has 1 atom stereocenters. The number of halogens is 1. The van der Waals surface area contributed by atoms with Gasteiger partial charge in [0, 0.05) is 36.2 Å². The summed E-state index contributed by atoms with van der Waals surface area (Å²) >= 11 is 3.53. The second kappa shape index (κ2) is 5.85. The molecule has 2 N–H and O–H groups in total. The van der Waals surface area contributed by atoms with Crippen LogP contribution in [0.1, 0.15) is 18.1 Å². The summed E-state index contributed by atoms with van der Waals surface area (Å²) in [5, 5.41) is 12.3. The van der Waals surface area contributed by atoms with Crippen LogP contribution in [0.3, 0.4) is 0 Å². The maximum atomic E-state index is 8.96. The maximum Gasteiger partial charge on any atom is 0.127 e. The van der Waals surface area contributed by atoms with Crippen LogP contribution in [-0.4, -0.2) is 24.9 Å². The highest BCUT2D eigenvalue weighted by Crippen LogP contribution is 2.32. The van der Waals surface area contributed by atoms with Crippen LogP contribution in [0.15, 0.2) is 16.6 Å². The van der Waals surface area contributed by atoms with E-state index in [4.69, 9.17) is 9.84 Å². The van der Waals surface area contributed by atoms with Crippen LogP contribution in [-0.2, 0) is 13.0 Å². The van der Waals surface area contributed by atoms with Gasteiger partial charge in [-0.1, -0.05) is 22.9 Å². The highest BCUT2D eigenvalue weighted by molar-refractivity contribution is 9.10. The normalized spacial score (nSPS) is 15.5. The molecule has 3 nitrogen and oxygen atoms in total. The predicted octanol–water partition coefficient (Wildman–Crippen LogP) is 2.10. The topological polar surface area (TPSA) is 41.5 Å². The van der Waals surface area contributed by atoms with E-state index < -0.39 is 0 Å². The van der Waals surface area contributed by atoms with Crippen LogP contribution in [0.2, 0.25) is 0 Å². The second-order valence-corrected chi connectivity index (χ2v) is 5.49. The van der Waals surface area contributed by atoms with E-state index in [0.29, 0.717) is 0 Å². The lowest BCUT2D eigenvalue weighted by atomic mass is 10.1. The van der Waals surface area contributed by atoms with E-state index in [1.54, 1.807) is 0 Å². The number of rotatable bonds is 5. The highest BCUT2D eigenvalue weighted by atomic mass is 79.9. The van der Waals surface area contributed by atoms with E-state index in [2.05, 4.69) is 33.4 Å². The molecule has 0 aliphatic carbocycles. The fourth-order valence-electron chi connectivity index (χ4n) is 2.00. The van der Waals surface area contributed by atoms with Gasteiger partial charge in [0.25, 0.3) is 0 Å². The van der Waals surface area contributed by atoms with Gasteiger partial charge in [-0.25, -0.2) is 0 Å². The first-order valence-electron chi connectivity index (χ1n) is 5.96. The average molecular weight is 300 g/mol. The van der Waals surface area contributed by atoms with Crippen LogP contribution in [0.4, 0.5) is 0 Å². The van der Waals surface area contributed by atoms with Gasteiger partial charge in [-0.3, -0.25) is 0 Å². The lowest BCUT2D eigenvalue weighted by Crippen LogP contribution is -2.23. The Morgan fingerprint density at radius 1 is 1.53 bits per heavy atom. The predicted molar refractivity (Wildman–Crippen MR) is 71.3 cm³/mol. The Morgan fingerprint density at radius 2 is 2.35 bits per heavy atom. The molecule has 0 radical (unpaired) electrons. The molecular weight excluding hydrogens is 282 g/mol. The first-order chi connectivity index (χ1) is 8.20. The Hall–Kier alpha value is -0.580. The van der Waals surface area contributed by atoms with E-state index in [1.165, 1.54) is 11.1 Å². The molecule has 0 saturated heterocycles. The fraction of sp³-hybridized carbons (Fsp3) is 0.538. The maximum absolute atomic E-state index is 8.96. The van der Waals surface area contributed by atoms with Gasteiger partial charge in [-0.05, 0) is 23.6 Å². The smallest absolute Gasteiger partial charge is 0.127 e. The largest absolute Gasteiger partial charge is 0.493 e. The molecule has 0 bridgehead atoms. The molecule has 1 aromatic rings. The SMILES string of the molecule is CC(CO)CNCc1cc(Br)cc2c1OCC2. The Kier molecular flexibility index (Phi) is 4.42. The third-order valence-corrected chi connectivity index (χ3v) is 3.40. The number of hydrogen-bond donors (Lipinski definition) is 2. The summed E-state index contributed by atoms with van der Waals surface area (Å²) < 4.78 is 6.76. The minimum atomic E-state index is 0.222. The van der Waals surface area contributed by atoms with Gasteiger partial charge in [-0.2, -0.15) is 0 Å². The number of aliphatic hydroxyl groups excluding tert-OH is 1. The minimum Gasteiger partial charge on any atom is -0.493 e. The van der Waals surface area contributed by atoms with Crippen molar-refractivity contribution >= 4 is 15.9 Å². The van der Waals surface area contributed by atoms with Crippen molar-refractivity contribution in [1.29, 1.82) is 0 Å². The van der Waals surface area contributed by atoms with E-state index in [-0.39, 0.29) is 12.5 Å². The number of aliphatic hydroxyl groups is 1. The molecule has 1 aliphatic rings. The van der Waals surface area contributed by atoms with Crippen molar-refractivity contribution in [2.75, 3.05) is 19.8 Å². The molecule has 1 aromatic carbocycles. The van der Waals surface area contributed by atoms with Gasteiger partial charge < -0.3 is 15.2 Å². The third-order valence-electron chi connectivity index (χ3n) is 2.95. The molecule has 0 spiro atoms.